The Bertz CT molecular complexity index is 772. The van der Waals surface area contributed by atoms with E-state index in [4.69, 9.17) is 27.9 Å². The molecule has 0 unspecified atom stereocenters. The average molecular weight is 407 g/mol. The molecule has 0 saturated carbocycles. The van der Waals surface area contributed by atoms with E-state index < -0.39 is 0 Å². The van der Waals surface area contributed by atoms with Crippen LogP contribution in [0.4, 0.5) is 0 Å². The highest BCUT2D eigenvalue weighted by Gasteiger charge is 2.24. The van der Waals surface area contributed by atoms with E-state index in [1.165, 1.54) is 5.56 Å². The second-order valence-corrected chi connectivity index (χ2v) is 7.70. The van der Waals surface area contributed by atoms with Gasteiger partial charge in [0.2, 0.25) is 5.91 Å². The van der Waals surface area contributed by atoms with Gasteiger partial charge in [0, 0.05) is 29.1 Å². The lowest BCUT2D eigenvalue weighted by Crippen LogP contribution is -2.40. The van der Waals surface area contributed by atoms with Gasteiger partial charge in [0.15, 0.2) is 0 Å². The second kappa shape index (κ2) is 9.45. The molecule has 1 aliphatic heterocycles. The van der Waals surface area contributed by atoms with Crippen molar-refractivity contribution < 1.29 is 9.53 Å². The van der Waals surface area contributed by atoms with Crippen molar-refractivity contribution in [3.05, 3.63) is 63.6 Å². The van der Waals surface area contributed by atoms with Crippen molar-refractivity contribution in [3.8, 4) is 5.75 Å². The number of amides is 1. The summed E-state index contributed by atoms with van der Waals surface area (Å²) in [5.74, 6) is 1.03. The molecule has 1 saturated heterocycles. The van der Waals surface area contributed by atoms with Crippen molar-refractivity contribution in [2.75, 3.05) is 20.2 Å². The summed E-state index contributed by atoms with van der Waals surface area (Å²) in [4.78, 5) is 14.9. The van der Waals surface area contributed by atoms with Crippen LogP contribution in [-0.2, 0) is 17.9 Å². The van der Waals surface area contributed by atoms with Gasteiger partial charge in [-0.25, -0.2) is 0 Å². The van der Waals surface area contributed by atoms with E-state index in [0.717, 1.165) is 43.8 Å². The molecule has 144 valence electrons. The summed E-state index contributed by atoms with van der Waals surface area (Å²) in [5, 5.41) is 4.18. The molecule has 1 aliphatic rings. The van der Waals surface area contributed by atoms with E-state index >= 15 is 0 Å². The highest BCUT2D eigenvalue weighted by molar-refractivity contribution is 6.35. The first-order valence-corrected chi connectivity index (χ1v) is 9.87. The molecule has 4 nitrogen and oxygen atoms in total. The number of likely N-dealkylation sites (tertiary alicyclic amines) is 1. The number of hydrogen-bond acceptors (Lipinski definition) is 3. The van der Waals surface area contributed by atoms with Gasteiger partial charge in [0.05, 0.1) is 7.11 Å². The number of ether oxygens (including phenoxy) is 1. The SMILES string of the molecule is COc1ccc(CN2CCC(C(=O)NCc3ccc(Cl)cc3Cl)CC2)cc1. The maximum atomic E-state index is 12.5. The standard InChI is InChI=1S/C21H24Cl2N2O2/c1-27-19-6-2-15(3-7-19)14-25-10-8-16(9-11-25)21(26)24-13-17-4-5-18(22)12-20(17)23/h2-7,12,16H,8-11,13-14H2,1H3,(H,24,26). The van der Waals surface area contributed by atoms with E-state index in [1.54, 1.807) is 19.2 Å². The third-order valence-electron chi connectivity index (χ3n) is 4.99. The minimum atomic E-state index is 0.0585. The molecule has 2 aromatic carbocycles. The van der Waals surface area contributed by atoms with Gasteiger partial charge in [0.25, 0.3) is 0 Å². The third-order valence-corrected chi connectivity index (χ3v) is 5.58. The van der Waals surface area contributed by atoms with Crippen LogP contribution < -0.4 is 10.1 Å². The fourth-order valence-electron chi connectivity index (χ4n) is 3.33. The van der Waals surface area contributed by atoms with Crippen molar-refractivity contribution in [2.24, 2.45) is 5.92 Å². The number of carbonyl (C=O) groups is 1. The normalized spacial score (nSPS) is 15.5. The van der Waals surface area contributed by atoms with Gasteiger partial charge in [-0.05, 0) is 61.3 Å². The van der Waals surface area contributed by atoms with Crippen molar-refractivity contribution in [1.82, 2.24) is 10.2 Å². The molecule has 0 bridgehead atoms. The van der Waals surface area contributed by atoms with E-state index in [2.05, 4.69) is 22.3 Å². The summed E-state index contributed by atoms with van der Waals surface area (Å²) >= 11 is 12.1. The molecule has 27 heavy (non-hydrogen) atoms. The number of carbonyl (C=O) groups excluding carboxylic acids is 1. The molecular formula is C21H24Cl2N2O2. The third kappa shape index (κ3) is 5.61. The largest absolute Gasteiger partial charge is 0.497 e. The number of rotatable bonds is 6. The van der Waals surface area contributed by atoms with E-state index in [-0.39, 0.29) is 11.8 Å². The van der Waals surface area contributed by atoms with Crippen molar-refractivity contribution >= 4 is 29.1 Å². The monoisotopic (exact) mass is 406 g/mol. The summed E-state index contributed by atoms with van der Waals surface area (Å²) in [5.41, 5.74) is 2.14. The minimum Gasteiger partial charge on any atom is -0.497 e. The molecule has 0 atom stereocenters. The highest BCUT2D eigenvalue weighted by Crippen LogP contribution is 2.23. The molecule has 0 radical (unpaired) electrons. The molecule has 1 N–H and O–H groups in total. The van der Waals surface area contributed by atoms with E-state index in [9.17, 15) is 4.79 Å². The van der Waals surface area contributed by atoms with Gasteiger partial charge in [-0.15, -0.1) is 0 Å². The number of piperidine rings is 1. The van der Waals surface area contributed by atoms with Crippen LogP contribution in [0.1, 0.15) is 24.0 Å². The Balaban J connectivity index is 1.44. The van der Waals surface area contributed by atoms with Crippen LogP contribution in [0.2, 0.25) is 10.0 Å². The van der Waals surface area contributed by atoms with Crippen molar-refractivity contribution in [3.63, 3.8) is 0 Å². The van der Waals surface area contributed by atoms with Crippen molar-refractivity contribution in [1.29, 1.82) is 0 Å². The smallest absolute Gasteiger partial charge is 0.223 e. The molecule has 0 aliphatic carbocycles. The van der Waals surface area contributed by atoms with Crippen LogP contribution in [0.3, 0.4) is 0 Å². The Labute approximate surface area is 170 Å². The molecule has 0 aromatic heterocycles. The molecule has 2 aromatic rings. The molecule has 6 heteroatoms. The van der Waals surface area contributed by atoms with Crippen LogP contribution in [0, 0.1) is 5.92 Å². The summed E-state index contributed by atoms with van der Waals surface area (Å²) < 4.78 is 5.19. The Kier molecular flexibility index (Phi) is 7.00. The lowest BCUT2D eigenvalue weighted by atomic mass is 9.95. The molecule has 1 heterocycles. The number of methoxy groups -OCH3 is 1. The fourth-order valence-corrected chi connectivity index (χ4v) is 3.81. The van der Waals surface area contributed by atoms with Crippen LogP contribution >= 0.6 is 23.2 Å². The van der Waals surface area contributed by atoms with Gasteiger partial charge in [-0.2, -0.15) is 0 Å². The Hall–Kier alpha value is -1.75. The Morgan fingerprint density at radius 3 is 2.48 bits per heavy atom. The van der Waals surface area contributed by atoms with E-state index in [1.807, 2.05) is 18.2 Å². The highest BCUT2D eigenvalue weighted by atomic mass is 35.5. The quantitative estimate of drug-likeness (QED) is 0.765. The number of nitrogens with one attached hydrogen (secondary N) is 1. The fraction of sp³-hybridized carbons (Fsp3) is 0.381. The maximum absolute atomic E-state index is 12.5. The van der Waals surface area contributed by atoms with Crippen LogP contribution in [-0.4, -0.2) is 31.0 Å². The summed E-state index contributed by atoms with van der Waals surface area (Å²) in [7, 11) is 1.67. The predicted octanol–water partition coefficient (Wildman–Crippen LogP) is 4.53. The number of benzene rings is 2. The van der Waals surface area contributed by atoms with Gasteiger partial charge < -0.3 is 10.1 Å². The zero-order chi connectivity index (χ0) is 19.2. The second-order valence-electron chi connectivity index (χ2n) is 6.85. The maximum Gasteiger partial charge on any atom is 0.223 e. The minimum absolute atomic E-state index is 0.0585. The first-order valence-electron chi connectivity index (χ1n) is 9.12. The Morgan fingerprint density at radius 2 is 1.85 bits per heavy atom. The van der Waals surface area contributed by atoms with E-state index in [0.29, 0.717) is 16.6 Å². The Morgan fingerprint density at radius 1 is 1.15 bits per heavy atom. The number of hydrogen-bond donors (Lipinski definition) is 1. The van der Waals surface area contributed by atoms with Crippen LogP contribution in [0.25, 0.3) is 0 Å². The predicted molar refractivity (Wildman–Crippen MR) is 109 cm³/mol. The average Bonchev–Trinajstić information content (AvgIpc) is 2.68. The summed E-state index contributed by atoms with van der Waals surface area (Å²) in [6.07, 6.45) is 1.74. The topological polar surface area (TPSA) is 41.6 Å². The van der Waals surface area contributed by atoms with Gasteiger partial charge >= 0.3 is 0 Å². The lowest BCUT2D eigenvalue weighted by Gasteiger charge is -2.31. The van der Waals surface area contributed by atoms with Crippen LogP contribution in [0.5, 0.6) is 5.75 Å². The first-order chi connectivity index (χ1) is 13.0. The molecule has 0 spiro atoms. The number of nitrogens with zero attached hydrogens (tertiary/aromatic N) is 1. The van der Waals surface area contributed by atoms with Gasteiger partial charge in [-0.1, -0.05) is 41.4 Å². The zero-order valence-corrected chi connectivity index (χ0v) is 16.9. The van der Waals surface area contributed by atoms with Crippen molar-refractivity contribution in [2.45, 2.75) is 25.9 Å². The summed E-state index contributed by atoms with van der Waals surface area (Å²) in [6.45, 7) is 3.18. The molecule has 1 fully saturated rings. The van der Waals surface area contributed by atoms with Gasteiger partial charge in [0.1, 0.15) is 5.75 Å². The van der Waals surface area contributed by atoms with Crippen LogP contribution in [0.15, 0.2) is 42.5 Å². The number of halogens is 2. The zero-order valence-electron chi connectivity index (χ0n) is 15.4. The molecule has 1 amide bonds. The lowest BCUT2D eigenvalue weighted by molar-refractivity contribution is -0.126. The molecular weight excluding hydrogens is 383 g/mol. The summed E-state index contributed by atoms with van der Waals surface area (Å²) in [6, 6.07) is 13.5. The first kappa shape index (κ1) is 20.0. The molecule has 3 rings (SSSR count). The van der Waals surface area contributed by atoms with Gasteiger partial charge in [-0.3, -0.25) is 9.69 Å².